The van der Waals surface area contributed by atoms with Crippen LogP contribution in [-0.4, -0.2) is 18.6 Å². The van der Waals surface area contributed by atoms with Crippen molar-refractivity contribution in [2.24, 2.45) is 0 Å². The monoisotopic (exact) mass is 124 g/mol. The van der Waals surface area contributed by atoms with Gasteiger partial charge in [-0.05, 0) is 13.0 Å². The second-order valence-corrected chi connectivity index (χ2v) is 3.09. The van der Waals surface area contributed by atoms with Crippen LogP contribution in [0.2, 0.25) is 0 Å². The van der Waals surface area contributed by atoms with E-state index in [-0.39, 0.29) is 0 Å². The van der Waals surface area contributed by atoms with Gasteiger partial charge in [0.1, 0.15) is 0 Å². The largest absolute Gasteiger partial charge is 0.387 e. The quantitative estimate of drug-likeness (QED) is 0.483. The first-order chi connectivity index (χ1) is 4.31. The summed E-state index contributed by atoms with van der Waals surface area (Å²) in [7, 11) is 0. The van der Waals surface area contributed by atoms with Crippen LogP contribution in [-0.2, 0) is 0 Å². The molecule has 2 nitrogen and oxygen atoms in total. The van der Waals surface area contributed by atoms with Crippen LogP contribution in [0.3, 0.4) is 0 Å². The maximum atomic E-state index is 3.88. The topological polar surface area (TPSA) is 24.1 Å². The van der Waals surface area contributed by atoms with Crippen molar-refractivity contribution in [2.75, 3.05) is 13.1 Å². The lowest BCUT2D eigenvalue weighted by Crippen LogP contribution is -2.58. The number of nitrogens with one attached hydrogen (secondary N) is 2. The SMILES string of the molecule is C=C1CC2(CCN2)CN1. The van der Waals surface area contributed by atoms with Gasteiger partial charge in [0.05, 0.1) is 0 Å². The number of hydrogen-bond donors (Lipinski definition) is 2. The summed E-state index contributed by atoms with van der Waals surface area (Å²) in [6.07, 6.45) is 2.45. The zero-order valence-corrected chi connectivity index (χ0v) is 5.54. The Morgan fingerprint density at radius 1 is 1.56 bits per heavy atom. The summed E-state index contributed by atoms with van der Waals surface area (Å²) in [5, 5.41) is 6.68. The van der Waals surface area contributed by atoms with Gasteiger partial charge in [0.2, 0.25) is 0 Å². The predicted molar refractivity (Wildman–Crippen MR) is 37.1 cm³/mol. The second-order valence-electron chi connectivity index (χ2n) is 3.09. The fraction of sp³-hybridized carbons (Fsp3) is 0.714. The summed E-state index contributed by atoms with van der Waals surface area (Å²) in [5.74, 6) is 0. The molecule has 0 bridgehead atoms. The smallest absolute Gasteiger partial charge is 0.0421 e. The Morgan fingerprint density at radius 3 is 2.56 bits per heavy atom. The Hall–Kier alpha value is -0.500. The van der Waals surface area contributed by atoms with Crippen molar-refractivity contribution in [2.45, 2.75) is 18.4 Å². The molecule has 2 saturated heterocycles. The lowest BCUT2D eigenvalue weighted by molar-refractivity contribution is 0.235. The first-order valence-corrected chi connectivity index (χ1v) is 3.47. The first kappa shape index (κ1) is 5.30. The van der Waals surface area contributed by atoms with E-state index in [9.17, 15) is 0 Å². The van der Waals surface area contributed by atoms with Crippen molar-refractivity contribution < 1.29 is 0 Å². The molecule has 0 aromatic rings. The molecule has 1 spiro atoms. The van der Waals surface area contributed by atoms with Crippen molar-refractivity contribution in [1.82, 2.24) is 10.6 Å². The average molecular weight is 124 g/mol. The Morgan fingerprint density at radius 2 is 2.33 bits per heavy atom. The maximum absolute atomic E-state index is 3.88. The van der Waals surface area contributed by atoms with Gasteiger partial charge in [-0.1, -0.05) is 6.58 Å². The predicted octanol–water partition coefficient (Wildman–Crippen LogP) is 0.225. The van der Waals surface area contributed by atoms with E-state index in [0.717, 1.165) is 13.0 Å². The lowest BCUT2D eigenvalue weighted by atomic mass is 9.87. The van der Waals surface area contributed by atoms with Gasteiger partial charge in [-0.15, -0.1) is 0 Å². The summed E-state index contributed by atoms with van der Waals surface area (Å²) < 4.78 is 0. The molecule has 0 radical (unpaired) electrons. The van der Waals surface area contributed by atoms with Gasteiger partial charge in [0.15, 0.2) is 0 Å². The summed E-state index contributed by atoms with van der Waals surface area (Å²) in [5.41, 5.74) is 1.62. The molecular formula is C7H12N2. The molecule has 0 aromatic carbocycles. The molecule has 2 heterocycles. The van der Waals surface area contributed by atoms with Gasteiger partial charge in [0, 0.05) is 24.2 Å². The molecule has 1 atom stereocenters. The molecule has 0 saturated carbocycles. The Balaban J connectivity index is 2.07. The highest BCUT2D eigenvalue weighted by Crippen LogP contribution is 2.29. The van der Waals surface area contributed by atoms with Crippen LogP contribution in [0, 0.1) is 0 Å². The molecule has 2 aliphatic rings. The van der Waals surface area contributed by atoms with Crippen LogP contribution in [0.1, 0.15) is 12.8 Å². The summed E-state index contributed by atoms with van der Waals surface area (Å²) >= 11 is 0. The highest BCUT2D eigenvalue weighted by Gasteiger charge is 2.40. The highest BCUT2D eigenvalue weighted by molar-refractivity contribution is 5.15. The highest BCUT2D eigenvalue weighted by atomic mass is 15.1. The van der Waals surface area contributed by atoms with E-state index in [1.165, 1.54) is 18.7 Å². The summed E-state index contributed by atoms with van der Waals surface area (Å²) in [4.78, 5) is 0. The van der Waals surface area contributed by atoms with E-state index in [2.05, 4.69) is 17.2 Å². The normalized spacial score (nSPS) is 40.7. The minimum atomic E-state index is 0.428. The molecule has 0 amide bonds. The van der Waals surface area contributed by atoms with E-state index in [1.54, 1.807) is 0 Å². The molecule has 2 aliphatic heterocycles. The average Bonchev–Trinajstić information content (AvgIpc) is 2.09. The molecule has 1 unspecified atom stereocenters. The van der Waals surface area contributed by atoms with Crippen molar-refractivity contribution >= 4 is 0 Å². The fourth-order valence-corrected chi connectivity index (χ4v) is 1.61. The van der Waals surface area contributed by atoms with Gasteiger partial charge in [-0.25, -0.2) is 0 Å². The van der Waals surface area contributed by atoms with Gasteiger partial charge in [-0.2, -0.15) is 0 Å². The third-order valence-corrected chi connectivity index (χ3v) is 2.33. The Labute approximate surface area is 55.3 Å². The van der Waals surface area contributed by atoms with Gasteiger partial charge >= 0.3 is 0 Å². The van der Waals surface area contributed by atoms with Crippen LogP contribution in [0.25, 0.3) is 0 Å². The van der Waals surface area contributed by atoms with Gasteiger partial charge in [0.25, 0.3) is 0 Å². The molecule has 2 heteroatoms. The van der Waals surface area contributed by atoms with Crippen molar-refractivity contribution in [3.8, 4) is 0 Å². The van der Waals surface area contributed by atoms with Gasteiger partial charge < -0.3 is 10.6 Å². The zero-order chi connectivity index (χ0) is 6.32. The van der Waals surface area contributed by atoms with E-state index >= 15 is 0 Å². The molecule has 9 heavy (non-hydrogen) atoms. The van der Waals surface area contributed by atoms with E-state index in [1.807, 2.05) is 0 Å². The van der Waals surface area contributed by atoms with E-state index in [0.29, 0.717) is 5.54 Å². The fourth-order valence-electron chi connectivity index (χ4n) is 1.61. The van der Waals surface area contributed by atoms with Crippen LogP contribution in [0.15, 0.2) is 12.3 Å². The standard InChI is InChI=1S/C7H12N2/c1-6-4-7(5-8-6)2-3-9-7/h8-9H,1-5H2. The third-order valence-electron chi connectivity index (χ3n) is 2.33. The molecule has 50 valence electrons. The number of hydrogen-bond acceptors (Lipinski definition) is 2. The van der Waals surface area contributed by atoms with Crippen LogP contribution in [0.5, 0.6) is 0 Å². The van der Waals surface area contributed by atoms with Crippen LogP contribution < -0.4 is 10.6 Å². The molecule has 0 aliphatic carbocycles. The molecule has 2 N–H and O–H groups in total. The van der Waals surface area contributed by atoms with Crippen LogP contribution in [0.4, 0.5) is 0 Å². The second kappa shape index (κ2) is 1.51. The molecule has 2 rings (SSSR count). The zero-order valence-electron chi connectivity index (χ0n) is 5.54. The van der Waals surface area contributed by atoms with Crippen LogP contribution >= 0.6 is 0 Å². The summed E-state index contributed by atoms with van der Waals surface area (Å²) in [6.45, 7) is 6.16. The van der Waals surface area contributed by atoms with Crippen molar-refractivity contribution in [3.63, 3.8) is 0 Å². The van der Waals surface area contributed by atoms with Crippen molar-refractivity contribution in [1.29, 1.82) is 0 Å². The number of rotatable bonds is 0. The maximum Gasteiger partial charge on any atom is 0.0421 e. The van der Waals surface area contributed by atoms with E-state index < -0.39 is 0 Å². The third kappa shape index (κ3) is 0.663. The Bertz CT molecular complexity index is 147. The molecule has 0 aromatic heterocycles. The van der Waals surface area contributed by atoms with E-state index in [4.69, 9.17) is 0 Å². The molecular weight excluding hydrogens is 112 g/mol. The minimum absolute atomic E-state index is 0.428. The Kier molecular flexibility index (Phi) is 0.887. The first-order valence-electron chi connectivity index (χ1n) is 3.47. The lowest BCUT2D eigenvalue weighted by Gasteiger charge is -2.38. The van der Waals surface area contributed by atoms with Crippen molar-refractivity contribution in [3.05, 3.63) is 12.3 Å². The minimum Gasteiger partial charge on any atom is -0.387 e. The van der Waals surface area contributed by atoms with Gasteiger partial charge in [-0.3, -0.25) is 0 Å². The summed E-state index contributed by atoms with van der Waals surface area (Å²) in [6, 6.07) is 0. The molecule has 2 fully saturated rings.